The number of methoxy groups -OCH3 is 1. The number of thiocarbonyl (C=S) groups is 1. The number of amides is 1. The molecule has 2 aromatic carbocycles. The molecular formula is C23H20N2O7S2. The molecule has 2 heterocycles. The molecule has 2 aromatic rings. The summed E-state index contributed by atoms with van der Waals surface area (Å²) in [6.07, 6.45) is 3.59. The van der Waals surface area contributed by atoms with Crippen LogP contribution in [0.1, 0.15) is 28.8 Å². The van der Waals surface area contributed by atoms with Crippen LogP contribution in [0.4, 0.5) is 5.69 Å². The van der Waals surface area contributed by atoms with Gasteiger partial charge in [-0.3, -0.25) is 19.8 Å². The van der Waals surface area contributed by atoms with Crippen molar-refractivity contribution in [1.82, 2.24) is 4.90 Å². The lowest BCUT2D eigenvalue weighted by Crippen LogP contribution is -2.35. The van der Waals surface area contributed by atoms with Gasteiger partial charge >= 0.3 is 5.97 Å². The Balaban J connectivity index is 1.50. The van der Waals surface area contributed by atoms with Crippen molar-refractivity contribution in [2.45, 2.75) is 18.9 Å². The molecule has 0 saturated carbocycles. The van der Waals surface area contributed by atoms with E-state index in [-0.39, 0.29) is 34.8 Å². The Kier molecular flexibility index (Phi) is 7.25. The molecule has 0 aromatic heterocycles. The standard InChI is InChI=1S/C23H20N2O7S2/c1-30-19-10-14(11-20-21(26)24(23(33)34-20)13-17-6-3-9-31-17)7-8-18(19)32-22(27)15-4-2-5-16(12-15)25(28)29/h2,4-5,7-8,10-12,17H,3,6,9,13H2,1H3/b20-11+. The summed E-state index contributed by atoms with van der Waals surface area (Å²) in [7, 11) is 1.42. The Hall–Kier alpha value is -3.28. The van der Waals surface area contributed by atoms with Gasteiger partial charge in [-0.2, -0.15) is 0 Å². The number of ether oxygens (including phenoxy) is 3. The third-order valence-electron chi connectivity index (χ3n) is 5.26. The molecule has 34 heavy (non-hydrogen) atoms. The number of carbonyl (C=O) groups is 2. The van der Waals surface area contributed by atoms with Crippen molar-refractivity contribution < 1.29 is 28.7 Å². The first-order valence-electron chi connectivity index (χ1n) is 10.4. The van der Waals surface area contributed by atoms with Crippen molar-refractivity contribution >= 4 is 51.9 Å². The Bertz CT molecular complexity index is 1190. The van der Waals surface area contributed by atoms with Crippen LogP contribution in [0.5, 0.6) is 11.5 Å². The monoisotopic (exact) mass is 500 g/mol. The number of carbonyl (C=O) groups excluding carboxylic acids is 2. The molecule has 1 atom stereocenters. The number of nitro groups is 1. The number of benzene rings is 2. The molecule has 176 valence electrons. The highest BCUT2D eigenvalue weighted by atomic mass is 32.2. The molecule has 9 nitrogen and oxygen atoms in total. The average molecular weight is 501 g/mol. The lowest BCUT2D eigenvalue weighted by atomic mass is 10.1. The van der Waals surface area contributed by atoms with Crippen molar-refractivity contribution in [2.24, 2.45) is 0 Å². The van der Waals surface area contributed by atoms with E-state index in [1.54, 1.807) is 23.1 Å². The van der Waals surface area contributed by atoms with E-state index in [1.807, 2.05) is 0 Å². The van der Waals surface area contributed by atoms with E-state index in [1.165, 1.54) is 43.1 Å². The average Bonchev–Trinajstić information content (AvgIpc) is 3.44. The molecule has 11 heteroatoms. The first-order chi connectivity index (χ1) is 16.4. The highest BCUT2D eigenvalue weighted by Crippen LogP contribution is 2.35. The Labute approximate surface area is 204 Å². The van der Waals surface area contributed by atoms with Crippen molar-refractivity contribution in [1.29, 1.82) is 0 Å². The van der Waals surface area contributed by atoms with E-state index in [9.17, 15) is 19.7 Å². The topological polar surface area (TPSA) is 108 Å². The molecule has 4 rings (SSSR count). The quantitative estimate of drug-likeness (QED) is 0.138. The van der Waals surface area contributed by atoms with Gasteiger partial charge in [0.2, 0.25) is 0 Å². The van der Waals surface area contributed by atoms with Gasteiger partial charge in [-0.15, -0.1) is 0 Å². The number of nitrogens with zero attached hydrogens (tertiary/aromatic N) is 2. The molecule has 0 bridgehead atoms. The predicted molar refractivity (Wildman–Crippen MR) is 130 cm³/mol. The van der Waals surface area contributed by atoms with Gasteiger partial charge in [0, 0.05) is 18.7 Å². The fourth-order valence-corrected chi connectivity index (χ4v) is 4.84. The van der Waals surface area contributed by atoms with Crippen LogP contribution < -0.4 is 9.47 Å². The molecule has 2 aliphatic heterocycles. The molecule has 0 spiro atoms. The molecule has 0 aliphatic carbocycles. The minimum atomic E-state index is -0.759. The van der Waals surface area contributed by atoms with Gasteiger partial charge in [-0.05, 0) is 42.7 Å². The van der Waals surface area contributed by atoms with E-state index in [0.29, 0.717) is 27.9 Å². The fraction of sp³-hybridized carbons (Fsp3) is 0.261. The third kappa shape index (κ3) is 5.27. The van der Waals surface area contributed by atoms with Crippen LogP contribution in [0, 0.1) is 10.1 Å². The second kappa shape index (κ2) is 10.3. The van der Waals surface area contributed by atoms with Gasteiger partial charge in [0.15, 0.2) is 11.5 Å². The smallest absolute Gasteiger partial charge is 0.343 e. The third-order valence-corrected chi connectivity index (χ3v) is 6.64. The van der Waals surface area contributed by atoms with Crippen molar-refractivity contribution in [2.75, 3.05) is 20.3 Å². The zero-order valence-electron chi connectivity index (χ0n) is 18.1. The van der Waals surface area contributed by atoms with Crippen LogP contribution in [-0.4, -0.2) is 52.4 Å². The molecule has 2 aliphatic rings. The molecule has 1 amide bonds. The minimum Gasteiger partial charge on any atom is -0.493 e. The first-order valence-corrected chi connectivity index (χ1v) is 11.6. The molecule has 0 radical (unpaired) electrons. The normalized spacial score (nSPS) is 19.0. The fourth-order valence-electron chi connectivity index (χ4n) is 3.56. The number of esters is 1. The van der Waals surface area contributed by atoms with Crippen LogP contribution in [0.15, 0.2) is 47.4 Å². The first kappa shape index (κ1) is 23.9. The largest absolute Gasteiger partial charge is 0.493 e. The van der Waals surface area contributed by atoms with Crippen molar-refractivity contribution in [3.63, 3.8) is 0 Å². The maximum atomic E-state index is 12.9. The number of thioether (sulfide) groups is 1. The van der Waals surface area contributed by atoms with Crippen LogP contribution >= 0.6 is 24.0 Å². The maximum absolute atomic E-state index is 12.9. The maximum Gasteiger partial charge on any atom is 0.343 e. The van der Waals surface area contributed by atoms with Gasteiger partial charge in [0.1, 0.15) is 4.32 Å². The summed E-state index contributed by atoms with van der Waals surface area (Å²) in [6.45, 7) is 1.14. The Morgan fingerprint density at radius 2 is 2.15 bits per heavy atom. The van der Waals surface area contributed by atoms with Gasteiger partial charge < -0.3 is 14.2 Å². The second-order valence-corrected chi connectivity index (χ2v) is 9.21. The van der Waals surface area contributed by atoms with Gasteiger partial charge in [-0.1, -0.05) is 36.1 Å². The van der Waals surface area contributed by atoms with E-state index >= 15 is 0 Å². The zero-order valence-corrected chi connectivity index (χ0v) is 19.7. The lowest BCUT2D eigenvalue weighted by Gasteiger charge is -2.18. The van der Waals surface area contributed by atoms with E-state index in [4.69, 9.17) is 26.4 Å². The van der Waals surface area contributed by atoms with Crippen LogP contribution in [0.25, 0.3) is 6.08 Å². The number of nitro benzene ring substituents is 1. The van der Waals surface area contributed by atoms with E-state index in [0.717, 1.165) is 18.9 Å². The molecule has 2 saturated heterocycles. The van der Waals surface area contributed by atoms with Crippen molar-refractivity contribution in [3.8, 4) is 11.5 Å². The number of hydrogen-bond donors (Lipinski definition) is 0. The lowest BCUT2D eigenvalue weighted by molar-refractivity contribution is -0.384. The highest BCUT2D eigenvalue weighted by Gasteiger charge is 2.34. The van der Waals surface area contributed by atoms with Crippen molar-refractivity contribution in [3.05, 3.63) is 68.6 Å². The summed E-state index contributed by atoms with van der Waals surface area (Å²) in [5.74, 6) is -0.528. The summed E-state index contributed by atoms with van der Waals surface area (Å²) in [6, 6.07) is 10.1. The number of non-ortho nitro benzene ring substituents is 1. The predicted octanol–water partition coefficient (Wildman–Crippen LogP) is 4.20. The Morgan fingerprint density at radius 1 is 1.32 bits per heavy atom. The van der Waals surface area contributed by atoms with Gasteiger partial charge in [0.05, 0.1) is 35.2 Å². The van der Waals surface area contributed by atoms with Crippen LogP contribution in [0.3, 0.4) is 0 Å². The summed E-state index contributed by atoms with van der Waals surface area (Å²) in [5.41, 5.74) is 0.480. The summed E-state index contributed by atoms with van der Waals surface area (Å²) < 4.78 is 16.8. The van der Waals surface area contributed by atoms with Gasteiger partial charge in [0.25, 0.3) is 11.6 Å². The number of rotatable bonds is 7. The molecule has 2 fully saturated rings. The van der Waals surface area contributed by atoms with Gasteiger partial charge in [-0.25, -0.2) is 4.79 Å². The molecular weight excluding hydrogens is 480 g/mol. The van der Waals surface area contributed by atoms with E-state index < -0.39 is 10.9 Å². The minimum absolute atomic E-state index is 0.00182. The SMILES string of the molecule is COc1cc(/C=C2/SC(=S)N(CC3CCCO3)C2=O)ccc1OC(=O)c1cccc([N+](=O)[O-])c1. The zero-order chi connectivity index (χ0) is 24.2. The summed E-state index contributed by atoms with van der Waals surface area (Å²) in [5, 5.41) is 10.9. The molecule has 0 N–H and O–H groups in total. The number of hydrogen-bond acceptors (Lipinski definition) is 9. The highest BCUT2D eigenvalue weighted by molar-refractivity contribution is 8.26. The molecule has 1 unspecified atom stereocenters. The Morgan fingerprint density at radius 3 is 2.85 bits per heavy atom. The second-order valence-electron chi connectivity index (χ2n) is 7.53. The summed E-state index contributed by atoms with van der Waals surface area (Å²) in [4.78, 5) is 37.7. The van der Waals surface area contributed by atoms with Crippen LogP contribution in [0.2, 0.25) is 0 Å². The summed E-state index contributed by atoms with van der Waals surface area (Å²) >= 11 is 6.60. The van der Waals surface area contributed by atoms with E-state index in [2.05, 4.69) is 0 Å². The van der Waals surface area contributed by atoms with Crippen LogP contribution in [-0.2, 0) is 9.53 Å².